The van der Waals surface area contributed by atoms with Crippen LogP contribution in [0.3, 0.4) is 0 Å². The zero-order valence-electron chi connectivity index (χ0n) is 11.6. The molecule has 0 radical (unpaired) electrons. The van der Waals surface area contributed by atoms with Crippen LogP contribution in [0.4, 0.5) is 0 Å². The summed E-state index contributed by atoms with van der Waals surface area (Å²) in [5.74, 6) is 0.762. The first-order chi connectivity index (χ1) is 9.13. The summed E-state index contributed by atoms with van der Waals surface area (Å²) in [6.45, 7) is 4.05. The van der Waals surface area contributed by atoms with Gasteiger partial charge in [0, 0.05) is 11.5 Å². The largest absolute Gasteiger partial charge is 0.496 e. The summed E-state index contributed by atoms with van der Waals surface area (Å²) in [5.41, 5.74) is 3.09. The molecule has 0 aromatic heterocycles. The topological polar surface area (TPSA) is 29.5 Å². The van der Waals surface area contributed by atoms with E-state index in [1.165, 1.54) is 0 Å². The SMILES string of the molecule is COc1ccc(C)cc1C(O)C(C)c1ccccc1. The van der Waals surface area contributed by atoms with Crippen molar-refractivity contribution in [2.24, 2.45) is 0 Å². The van der Waals surface area contributed by atoms with Crippen molar-refractivity contribution in [2.45, 2.75) is 25.9 Å². The summed E-state index contributed by atoms with van der Waals surface area (Å²) in [6, 6.07) is 15.9. The Bertz CT molecular complexity index is 534. The van der Waals surface area contributed by atoms with Crippen LogP contribution < -0.4 is 4.74 Å². The smallest absolute Gasteiger partial charge is 0.124 e. The van der Waals surface area contributed by atoms with Gasteiger partial charge in [-0.3, -0.25) is 0 Å². The average Bonchev–Trinajstić information content (AvgIpc) is 2.46. The maximum absolute atomic E-state index is 10.6. The van der Waals surface area contributed by atoms with Gasteiger partial charge in [0.15, 0.2) is 0 Å². The Kier molecular flexibility index (Phi) is 4.23. The predicted octanol–water partition coefficient (Wildman–Crippen LogP) is 3.84. The van der Waals surface area contributed by atoms with Gasteiger partial charge in [-0.15, -0.1) is 0 Å². The normalized spacial score (nSPS) is 13.9. The molecule has 2 unspecified atom stereocenters. The highest BCUT2D eigenvalue weighted by Gasteiger charge is 2.21. The molecule has 0 spiro atoms. The second kappa shape index (κ2) is 5.89. The van der Waals surface area contributed by atoms with Gasteiger partial charge >= 0.3 is 0 Å². The van der Waals surface area contributed by atoms with Gasteiger partial charge in [-0.05, 0) is 24.6 Å². The van der Waals surface area contributed by atoms with Crippen molar-refractivity contribution in [3.8, 4) is 5.75 Å². The fourth-order valence-electron chi connectivity index (χ4n) is 2.29. The Labute approximate surface area is 114 Å². The lowest BCUT2D eigenvalue weighted by Crippen LogP contribution is -2.09. The minimum absolute atomic E-state index is 0.0249. The van der Waals surface area contributed by atoms with Crippen LogP contribution >= 0.6 is 0 Å². The Morgan fingerprint density at radius 1 is 1.05 bits per heavy atom. The van der Waals surface area contributed by atoms with E-state index < -0.39 is 6.10 Å². The fraction of sp³-hybridized carbons (Fsp3) is 0.294. The first-order valence-corrected chi connectivity index (χ1v) is 6.51. The molecule has 2 aromatic carbocycles. The maximum atomic E-state index is 10.6. The molecule has 2 atom stereocenters. The van der Waals surface area contributed by atoms with Crippen LogP contribution in [0.1, 0.15) is 35.6 Å². The minimum atomic E-state index is -0.572. The summed E-state index contributed by atoms with van der Waals surface area (Å²) >= 11 is 0. The monoisotopic (exact) mass is 256 g/mol. The molecular formula is C17H20O2. The second-order valence-corrected chi connectivity index (χ2v) is 4.89. The molecule has 2 heteroatoms. The predicted molar refractivity (Wildman–Crippen MR) is 77.5 cm³/mol. The first-order valence-electron chi connectivity index (χ1n) is 6.51. The number of aliphatic hydroxyl groups is 1. The third-order valence-electron chi connectivity index (χ3n) is 3.50. The van der Waals surface area contributed by atoms with Crippen LogP contribution in [-0.2, 0) is 0 Å². The Morgan fingerprint density at radius 3 is 2.37 bits per heavy atom. The molecule has 0 saturated heterocycles. The standard InChI is InChI=1S/C17H20O2/c1-12-9-10-16(19-3)15(11-12)17(18)13(2)14-7-5-4-6-8-14/h4-11,13,17-18H,1-3H3. The van der Waals surface area contributed by atoms with Crippen molar-refractivity contribution in [3.05, 3.63) is 65.2 Å². The van der Waals surface area contributed by atoms with Crippen molar-refractivity contribution in [3.63, 3.8) is 0 Å². The number of methoxy groups -OCH3 is 1. The van der Waals surface area contributed by atoms with Crippen molar-refractivity contribution in [2.75, 3.05) is 7.11 Å². The van der Waals surface area contributed by atoms with Crippen LogP contribution in [0.2, 0.25) is 0 Å². The van der Waals surface area contributed by atoms with E-state index in [0.29, 0.717) is 0 Å². The van der Waals surface area contributed by atoms with Crippen LogP contribution in [0.25, 0.3) is 0 Å². The van der Waals surface area contributed by atoms with Crippen molar-refractivity contribution in [1.29, 1.82) is 0 Å². The molecule has 19 heavy (non-hydrogen) atoms. The Balaban J connectivity index is 2.33. The number of aryl methyl sites for hydroxylation is 1. The van der Waals surface area contributed by atoms with Gasteiger partial charge < -0.3 is 9.84 Å². The number of benzene rings is 2. The minimum Gasteiger partial charge on any atom is -0.496 e. The molecule has 0 fully saturated rings. The third-order valence-corrected chi connectivity index (χ3v) is 3.50. The molecule has 2 nitrogen and oxygen atoms in total. The van der Waals surface area contributed by atoms with E-state index >= 15 is 0 Å². The number of hydrogen-bond acceptors (Lipinski definition) is 2. The maximum Gasteiger partial charge on any atom is 0.124 e. The van der Waals surface area contributed by atoms with Crippen molar-refractivity contribution in [1.82, 2.24) is 0 Å². The summed E-state index contributed by atoms with van der Waals surface area (Å²) in [4.78, 5) is 0. The van der Waals surface area contributed by atoms with Crippen LogP contribution in [0, 0.1) is 6.92 Å². The van der Waals surface area contributed by atoms with Crippen molar-refractivity contribution >= 4 is 0 Å². The highest BCUT2D eigenvalue weighted by atomic mass is 16.5. The molecule has 0 saturated carbocycles. The molecule has 0 bridgehead atoms. The van der Waals surface area contributed by atoms with Crippen LogP contribution in [-0.4, -0.2) is 12.2 Å². The average molecular weight is 256 g/mol. The highest BCUT2D eigenvalue weighted by Crippen LogP contribution is 2.35. The quantitative estimate of drug-likeness (QED) is 0.900. The van der Waals surface area contributed by atoms with Gasteiger partial charge in [0.25, 0.3) is 0 Å². The van der Waals surface area contributed by atoms with Gasteiger partial charge in [0.2, 0.25) is 0 Å². The number of rotatable bonds is 4. The lowest BCUT2D eigenvalue weighted by molar-refractivity contribution is 0.148. The number of hydrogen-bond donors (Lipinski definition) is 1. The molecule has 1 N–H and O–H groups in total. The van der Waals surface area contributed by atoms with Gasteiger partial charge in [-0.25, -0.2) is 0 Å². The Hall–Kier alpha value is -1.80. The zero-order valence-corrected chi connectivity index (χ0v) is 11.6. The van der Waals surface area contributed by atoms with E-state index in [9.17, 15) is 5.11 Å². The summed E-state index contributed by atoms with van der Waals surface area (Å²) < 4.78 is 5.35. The summed E-state index contributed by atoms with van der Waals surface area (Å²) in [7, 11) is 1.63. The highest BCUT2D eigenvalue weighted by molar-refractivity contribution is 5.40. The molecular weight excluding hydrogens is 236 g/mol. The molecule has 2 rings (SSSR count). The summed E-state index contributed by atoms with van der Waals surface area (Å²) in [6.07, 6.45) is -0.572. The van der Waals surface area contributed by atoms with E-state index in [1.54, 1.807) is 7.11 Å². The van der Waals surface area contributed by atoms with Crippen molar-refractivity contribution < 1.29 is 9.84 Å². The molecule has 0 aliphatic rings. The zero-order chi connectivity index (χ0) is 13.8. The lowest BCUT2D eigenvalue weighted by atomic mass is 9.90. The van der Waals surface area contributed by atoms with E-state index in [-0.39, 0.29) is 5.92 Å². The molecule has 0 aliphatic carbocycles. The second-order valence-electron chi connectivity index (χ2n) is 4.89. The van der Waals surface area contributed by atoms with Gasteiger partial charge in [0.1, 0.15) is 5.75 Å². The molecule has 0 amide bonds. The van der Waals surface area contributed by atoms with E-state index in [4.69, 9.17) is 4.74 Å². The first kappa shape index (κ1) is 13.6. The fourth-order valence-corrected chi connectivity index (χ4v) is 2.29. The van der Waals surface area contributed by atoms with Crippen LogP contribution in [0.5, 0.6) is 5.75 Å². The summed E-state index contributed by atoms with van der Waals surface area (Å²) in [5, 5.41) is 10.6. The van der Waals surface area contributed by atoms with Gasteiger partial charge in [0.05, 0.1) is 13.2 Å². The van der Waals surface area contributed by atoms with Crippen LogP contribution in [0.15, 0.2) is 48.5 Å². The van der Waals surface area contributed by atoms with E-state index in [1.807, 2.05) is 62.4 Å². The van der Waals surface area contributed by atoms with Gasteiger partial charge in [-0.1, -0.05) is 48.9 Å². The van der Waals surface area contributed by atoms with Gasteiger partial charge in [-0.2, -0.15) is 0 Å². The lowest BCUT2D eigenvalue weighted by Gasteiger charge is -2.22. The van der Waals surface area contributed by atoms with E-state index in [0.717, 1.165) is 22.4 Å². The van der Waals surface area contributed by atoms with E-state index in [2.05, 4.69) is 0 Å². The molecule has 100 valence electrons. The third kappa shape index (κ3) is 2.96. The molecule has 0 aliphatic heterocycles. The number of ether oxygens (including phenoxy) is 1. The molecule has 0 heterocycles. The Morgan fingerprint density at radius 2 is 1.74 bits per heavy atom. The number of aliphatic hydroxyl groups excluding tert-OH is 1. The molecule has 2 aromatic rings.